The quantitative estimate of drug-likeness (QED) is 0.219. The molecule has 0 atom stereocenters. The van der Waals surface area contributed by atoms with Crippen LogP contribution in [0.3, 0.4) is 0 Å². The minimum atomic E-state index is -0.449. The van der Waals surface area contributed by atoms with E-state index in [0.717, 1.165) is 28.7 Å². The van der Waals surface area contributed by atoms with Crippen LogP contribution in [0.25, 0.3) is 16.3 Å². The number of nitro benzene ring substituents is 1. The lowest BCUT2D eigenvalue weighted by molar-refractivity contribution is -0.384. The van der Waals surface area contributed by atoms with Crippen molar-refractivity contribution in [3.63, 3.8) is 0 Å². The highest BCUT2D eigenvalue weighted by atomic mass is 32.1. The van der Waals surface area contributed by atoms with Gasteiger partial charge < -0.3 is 4.57 Å². The Kier molecular flexibility index (Phi) is 6.37. The van der Waals surface area contributed by atoms with Gasteiger partial charge in [0.2, 0.25) is 0 Å². The van der Waals surface area contributed by atoms with Gasteiger partial charge in [-0.05, 0) is 48.7 Å². The second-order valence-electron chi connectivity index (χ2n) is 7.24. The highest BCUT2D eigenvalue weighted by molar-refractivity contribution is 7.22. The summed E-state index contributed by atoms with van der Waals surface area (Å²) in [5.74, 6) is -0.189. The molecular weight excluding hydrogens is 426 g/mol. The van der Waals surface area contributed by atoms with Crippen molar-refractivity contribution in [1.29, 1.82) is 0 Å². The van der Waals surface area contributed by atoms with Crippen molar-refractivity contribution >= 4 is 44.4 Å². The van der Waals surface area contributed by atoms with Crippen molar-refractivity contribution in [1.82, 2.24) is 14.5 Å². The number of carbonyl (C=O) groups excluding carboxylic acids is 1. The van der Waals surface area contributed by atoms with E-state index in [1.807, 2.05) is 35.9 Å². The van der Waals surface area contributed by atoms with E-state index in [9.17, 15) is 14.9 Å². The van der Waals surface area contributed by atoms with E-state index in [4.69, 9.17) is 4.98 Å². The molecule has 0 unspecified atom stereocenters. The second-order valence-corrected chi connectivity index (χ2v) is 8.25. The van der Waals surface area contributed by atoms with Crippen LogP contribution >= 0.6 is 11.3 Å². The molecule has 0 aliphatic carbocycles. The van der Waals surface area contributed by atoms with Crippen molar-refractivity contribution in [3.8, 4) is 0 Å². The van der Waals surface area contributed by atoms with Crippen LogP contribution < -0.4 is 4.90 Å². The third-order valence-electron chi connectivity index (χ3n) is 4.99. The van der Waals surface area contributed by atoms with Crippen LogP contribution in [0, 0.1) is 17.0 Å². The molecule has 2 heterocycles. The zero-order chi connectivity index (χ0) is 22.5. The van der Waals surface area contributed by atoms with Crippen molar-refractivity contribution < 1.29 is 9.72 Å². The van der Waals surface area contributed by atoms with Gasteiger partial charge in [0.1, 0.15) is 0 Å². The van der Waals surface area contributed by atoms with E-state index in [1.165, 1.54) is 29.5 Å². The summed E-state index contributed by atoms with van der Waals surface area (Å²) in [6.45, 7) is 3.24. The van der Waals surface area contributed by atoms with Crippen LogP contribution in [-0.4, -0.2) is 31.9 Å². The normalized spacial score (nSPS) is 11.3. The standard InChI is InChI=1S/C23H21N5O3S/c1-17-4-2-5-20-22(17)25-23(32-20)27(14-3-13-26-15-12-24-16-26)21(29)11-8-18-6-9-19(10-7-18)28(30)31/h2,4-12,15-16H,3,13-14H2,1H3/b11-8+. The number of aromatic nitrogens is 3. The number of nitrogens with zero attached hydrogens (tertiary/aromatic N) is 5. The summed E-state index contributed by atoms with van der Waals surface area (Å²) < 4.78 is 3.00. The molecule has 2 aromatic heterocycles. The number of thiazole rings is 1. The Morgan fingerprint density at radius 3 is 2.75 bits per heavy atom. The van der Waals surface area contributed by atoms with E-state index in [2.05, 4.69) is 4.98 Å². The first-order chi connectivity index (χ1) is 15.5. The summed E-state index contributed by atoms with van der Waals surface area (Å²) in [6.07, 6.45) is 9.25. The molecule has 1 amide bonds. The van der Waals surface area contributed by atoms with Gasteiger partial charge in [-0.15, -0.1) is 0 Å². The van der Waals surface area contributed by atoms with Gasteiger partial charge in [0.15, 0.2) is 5.13 Å². The van der Waals surface area contributed by atoms with Gasteiger partial charge in [0.05, 0.1) is 21.5 Å². The van der Waals surface area contributed by atoms with Gasteiger partial charge in [-0.3, -0.25) is 19.8 Å². The number of para-hydroxylation sites is 1. The van der Waals surface area contributed by atoms with Gasteiger partial charge in [-0.2, -0.15) is 0 Å². The van der Waals surface area contributed by atoms with Crippen LogP contribution in [0.5, 0.6) is 0 Å². The molecule has 0 saturated carbocycles. The Bertz CT molecular complexity index is 1260. The molecule has 0 bridgehead atoms. The lowest BCUT2D eigenvalue weighted by Crippen LogP contribution is -2.30. The fourth-order valence-electron chi connectivity index (χ4n) is 3.29. The molecule has 4 aromatic rings. The molecule has 9 heteroatoms. The first-order valence-electron chi connectivity index (χ1n) is 10.1. The Balaban J connectivity index is 1.55. The Morgan fingerprint density at radius 2 is 2.06 bits per heavy atom. The topological polar surface area (TPSA) is 94.2 Å². The predicted molar refractivity (Wildman–Crippen MR) is 126 cm³/mol. The van der Waals surface area contributed by atoms with E-state index in [-0.39, 0.29) is 11.6 Å². The molecule has 0 N–H and O–H groups in total. The number of anilines is 1. The molecule has 162 valence electrons. The zero-order valence-corrected chi connectivity index (χ0v) is 18.2. The van der Waals surface area contributed by atoms with Crippen LogP contribution in [0.4, 0.5) is 10.8 Å². The molecular formula is C23H21N5O3S. The van der Waals surface area contributed by atoms with Gasteiger partial charge in [-0.1, -0.05) is 23.5 Å². The number of fused-ring (bicyclic) bond motifs is 1. The molecule has 0 aliphatic rings. The number of hydrogen-bond donors (Lipinski definition) is 0. The van der Waals surface area contributed by atoms with Crippen molar-refractivity contribution in [2.45, 2.75) is 19.9 Å². The SMILES string of the molecule is Cc1cccc2sc(N(CCCn3ccnc3)C(=O)/C=C/c3ccc([N+](=O)[O-])cc3)nc12. The number of imidazole rings is 1. The highest BCUT2D eigenvalue weighted by Gasteiger charge is 2.18. The maximum Gasteiger partial charge on any atom is 0.269 e. The summed E-state index contributed by atoms with van der Waals surface area (Å²) in [6, 6.07) is 12.1. The maximum atomic E-state index is 13.1. The minimum absolute atomic E-state index is 0.0134. The monoisotopic (exact) mass is 447 g/mol. The third kappa shape index (κ3) is 4.89. The summed E-state index contributed by atoms with van der Waals surface area (Å²) in [5, 5.41) is 11.5. The molecule has 8 nitrogen and oxygen atoms in total. The van der Waals surface area contributed by atoms with Gasteiger partial charge in [-0.25, -0.2) is 9.97 Å². The zero-order valence-electron chi connectivity index (χ0n) is 17.4. The fourth-order valence-corrected chi connectivity index (χ4v) is 4.36. The van der Waals surface area contributed by atoms with Crippen LogP contribution in [0.1, 0.15) is 17.5 Å². The van der Waals surface area contributed by atoms with Crippen molar-refractivity contribution in [3.05, 3.63) is 88.5 Å². The van der Waals surface area contributed by atoms with E-state index >= 15 is 0 Å². The largest absolute Gasteiger partial charge is 0.337 e. The van der Waals surface area contributed by atoms with E-state index < -0.39 is 4.92 Å². The van der Waals surface area contributed by atoms with Gasteiger partial charge in [0, 0.05) is 43.7 Å². The average molecular weight is 448 g/mol. The molecule has 0 saturated heterocycles. The summed E-state index contributed by atoms with van der Waals surface area (Å²) in [5.41, 5.74) is 2.69. The van der Waals surface area contributed by atoms with Crippen LogP contribution in [0.2, 0.25) is 0 Å². The number of nitro groups is 1. The summed E-state index contributed by atoms with van der Waals surface area (Å²) >= 11 is 1.49. The smallest absolute Gasteiger partial charge is 0.269 e. The summed E-state index contributed by atoms with van der Waals surface area (Å²) in [4.78, 5) is 34.0. The highest BCUT2D eigenvalue weighted by Crippen LogP contribution is 2.31. The molecule has 4 rings (SSSR count). The lowest BCUT2D eigenvalue weighted by Gasteiger charge is -2.18. The molecule has 0 spiro atoms. The van der Waals surface area contributed by atoms with Crippen molar-refractivity contribution in [2.24, 2.45) is 0 Å². The summed E-state index contributed by atoms with van der Waals surface area (Å²) in [7, 11) is 0. The molecule has 0 radical (unpaired) electrons. The Hall–Kier alpha value is -3.85. The van der Waals surface area contributed by atoms with Gasteiger partial charge in [0.25, 0.3) is 11.6 Å². The minimum Gasteiger partial charge on any atom is -0.337 e. The first kappa shape index (κ1) is 21.4. The number of aryl methyl sites for hydroxylation is 2. The number of carbonyl (C=O) groups is 1. The lowest BCUT2D eigenvalue weighted by atomic mass is 10.2. The number of amides is 1. The first-order valence-corrected chi connectivity index (χ1v) is 10.9. The predicted octanol–water partition coefficient (Wildman–Crippen LogP) is 4.85. The third-order valence-corrected chi connectivity index (χ3v) is 6.03. The van der Waals surface area contributed by atoms with Gasteiger partial charge >= 0.3 is 0 Å². The number of hydrogen-bond acceptors (Lipinski definition) is 6. The molecule has 2 aromatic carbocycles. The molecule has 0 fully saturated rings. The van der Waals surface area contributed by atoms with Crippen LogP contribution in [-0.2, 0) is 11.3 Å². The van der Waals surface area contributed by atoms with E-state index in [1.54, 1.807) is 35.6 Å². The number of non-ortho nitro benzene ring substituents is 1. The van der Waals surface area contributed by atoms with Crippen molar-refractivity contribution in [2.75, 3.05) is 11.4 Å². The molecule has 0 aliphatic heterocycles. The van der Waals surface area contributed by atoms with Crippen LogP contribution in [0.15, 0.2) is 67.3 Å². The van der Waals surface area contributed by atoms with E-state index in [0.29, 0.717) is 17.2 Å². The second kappa shape index (κ2) is 9.52. The number of rotatable bonds is 8. The maximum absolute atomic E-state index is 13.1. The Morgan fingerprint density at radius 1 is 1.25 bits per heavy atom. The number of benzene rings is 2. The Labute approximate surface area is 188 Å². The average Bonchev–Trinajstić information content (AvgIpc) is 3.46. The molecule has 32 heavy (non-hydrogen) atoms. The fraction of sp³-hybridized carbons (Fsp3) is 0.174.